The second-order valence-corrected chi connectivity index (χ2v) is 9.91. The number of aromatic nitrogens is 1. The molecule has 0 spiro atoms. The maximum absolute atomic E-state index is 13.0. The number of carbonyl (C=O) groups is 1. The van der Waals surface area contributed by atoms with E-state index < -0.39 is 27.3 Å². The number of hydrogen-bond acceptors (Lipinski definition) is 7. The molecule has 4 rings (SSSR count). The lowest BCUT2D eigenvalue weighted by atomic mass is 10.3. The summed E-state index contributed by atoms with van der Waals surface area (Å²) in [5.74, 6) is -0.826. The minimum Gasteiger partial charge on any atom is -0.497 e. The van der Waals surface area contributed by atoms with Gasteiger partial charge < -0.3 is 14.5 Å². The highest BCUT2D eigenvalue weighted by atomic mass is 32.2. The van der Waals surface area contributed by atoms with Gasteiger partial charge in [0.25, 0.3) is 0 Å². The molecule has 0 saturated carbocycles. The largest absolute Gasteiger partial charge is 0.497 e. The van der Waals surface area contributed by atoms with Crippen LogP contribution in [0.15, 0.2) is 47.4 Å². The van der Waals surface area contributed by atoms with Crippen LogP contribution in [-0.4, -0.2) is 63.3 Å². The Kier molecular flexibility index (Phi) is 5.61. The first-order valence-corrected chi connectivity index (χ1v) is 11.8. The lowest BCUT2D eigenvalue weighted by Gasteiger charge is -2.34. The number of methoxy groups -OCH3 is 1. The Morgan fingerprint density at radius 2 is 1.83 bits per heavy atom. The monoisotopic (exact) mass is 449 g/mol. The van der Waals surface area contributed by atoms with Crippen molar-refractivity contribution in [3.05, 3.63) is 48.3 Å². The summed E-state index contributed by atoms with van der Waals surface area (Å²) in [5.41, 5.74) is 0.889. The van der Waals surface area contributed by atoms with Crippen LogP contribution in [0.1, 0.15) is 0 Å². The van der Waals surface area contributed by atoms with Crippen molar-refractivity contribution in [3.63, 3.8) is 0 Å². The molecule has 0 atom stereocenters. The van der Waals surface area contributed by atoms with E-state index in [-0.39, 0.29) is 4.90 Å². The number of thiazole rings is 1. The Morgan fingerprint density at radius 1 is 1.13 bits per heavy atom. The van der Waals surface area contributed by atoms with Crippen molar-refractivity contribution in [3.8, 4) is 5.75 Å². The number of halogens is 1. The lowest BCUT2D eigenvalue weighted by Crippen LogP contribution is -2.50. The van der Waals surface area contributed by atoms with Crippen molar-refractivity contribution in [2.45, 2.75) is 4.90 Å². The maximum Gasteiger partial charge on any atom is 0.238 e. The van der Waals surface area contributed by atoms with Crippen LogP contribution in [0.5, 0.6) is 5.75 Å². The number of carbonyl (C=O) groups excluding carboxylic acids is 1. The number of hydrogen-bond donors (Lipinski definition) is 0. The summed E-state index contributed by atoms with van der Waals surface area (Å²) in [4.78, 5) is 20.8. The zero-order valence-electron chi connectivity index (χ0n) is 16.2. The molecule has 0 aliphatic carbocycles. The quantitative estimate of drug-likeness (QED) is 0.557. The number of amides is 1. The van der Waals surface area contributed by atoms with Crippen molar-refractivity contribution in [2.75, 3.05) is 43.9 Å². The van der Waals surface area contributed by atoms with Crippen LogP contribution in [-0.2, 0) is 14.6 Å². The second-order valence-electron chi connectivity index (χ2n) is 6.91. The fourth-order valence-corrected chi connectivity index (χ4v) is 5.55. The van der Waals surface area contributed by atoms with E-state index in [1.54, 1.807) is 23.3 Å². The topological polar surface area (TPSA) is 79.8 Å². The highest BCUT2D eigenvalue weighted by Gasteiger charge is 2.27. The lowest BCUT2D eigenvalue weighted by molar-refractivity contribution is -0.128. The van der Waals surface area contributed by atoms with Gasteiger partial charge in [0.15, 0.2) is 15.0 Å². The first-order chi connectivity index (χ1) is 14.4. The third-order valence-electron chi connectivity index (χ3n) is 4.97. The van der Waals surface area contributed by atoms with E-state index in [0.29, 0.717) is 26.2 Å². The zero-order chi connectivity index (χ0) is 21.3. The number of piperazine rings is 1. The fraction of sp³-hybridized carbons (Fsp3) is 0.300. The number of anilines is 1. The molecule has 7 nitrogen and oxygen atoms in total. The van der Waals surface area contributed by atoms with Crippen LogP contribution < -0.4 is 9.64 Å². The number of rotatable bonds is 5. The zero-order valence-corrected chi connectivity index (χ0v) is 17.9. The van der Waals surface area contributed by atoms with Crippen molar-refractivity contribution in [2.24, 2.45) is 0 Å². The average molecular weight is 450 g/mol. The van der Waals surface area contributed by atoms with Crippen LogP contribution in [0.4, 0.5) is 9.52 Å². The van der Waals surface area contributed by atoms with E-state index >= 15 is 0 Å². The molecule has 0 N–H and O–H groups in total. The summed E-state index contributed by atoms with van der Waals surface area (Å²) < 4.78 is 44.2. The van der Waals surface area contributed by atoms with Crippen LogP contribution >= 0.6 is 11.3 Å². The van der Waals surface area contributed by atoms with Gasteiger partial charge >= 0.3 is 0 Å². The van der Waals surface area contributed by atoms with Crippen LogP contribution in [0.3, 0.4) is 0 Å². The van der Waals surface area contributed by atoms with Crippen LogP contribution in [0.25, 0.3) is 10.2 Å². The van der Waals surface area contributed by atoms with E-state index in [9.17, 15) is 17.6 Å². The molecule has 1 aromatic heterocycles. The van der Waals surface area contributed by atoms with E-state index in [0.717, 1.165) is 33.2 Å². The Hall–Kier alpha value is -2.72. The molecule has 0 unspecified atom stereocenters. The summed E-state index contributed by atoms with van der Waals surface area (Å²) in [5, 5.41) is 0.865. The smallest absolute Gasteiger partial charge is 0.238 e. The normalized spacial score (nSPS) is 14.9. The molecule has 1 amide bonds. The molecular weight excluding hydrogens is 429 g/mol. The maximum atomic E-state index is 13.0. The summed E-state index contributed by atoms with van der Waals surface area (Å²) >= 11 is 1.56. The third-order valence-corrected chi connectivity index (χ3v) is 7.67. The predicted molar refractivity (Wildman–Crippen MR) is 113 cm³/mol. The van der Waals surface area contributed by atoms with Gasteiger partial charge in [0.2, 0.25) is 5.91 Å². The number of benzene rings is 2. The minimum absolute atomic E-state index is 0.0548. The SMILES string of the molecule is COc1ccc2nc(N3CCN(C(=O)CS(=O)(=O)c4ccc(F)cc4)CC3)sc2c1. The van der Waals surface area contributed by atoms with Gasteiger partial charge in [-0.3, -0.25) is 4.79 Å². The molecule has 1 fully saturated rings. The highest BCUT2D eigenvalue weighted by molar-refractivity contribution is 7.92. The Balaban J connectivity index is 1.39. The van der Waals surface area contributed by atoms with Crippen LogP contribution in [0.2, 0.25) is 0 Å². The van der Waals surface area contributed by atoms with Gasteiger partial charge in [-0.15, -0.1) is 0 Å². The van der Waals surface area contributed by atoms with Crippen LogP contribution in [0, 0.1) is 5.82 Å². The Labute approximate surface area is 177 Å². The second kappa shape index (κ2) is 8.19. The molecule has 0 radical (unpaired) electrons. The van der Waals surface area contributed by atoms with Gasteiger partial charge in [0.05, 0.1) is 22.2 Å². The Bertz CT molecular complexity index is 1170. The molecule has 2 heterocycles. The first-order valence-electron chi connectivity index (χ1n) is 9.31. The van der Waals surface area contributed by atoms with Gasteiger partial charge in [-0.1, -0.05) is 11.3 Å². The Morgan fingerprint density at radius 3 is 2.50 bits per heavy atom. The molecule has 1 aliphatic rings. The molecule has 1 aliphatic heterocycles. The molecule has 10 heteroatoms. The summed E-state index contributed by atoms with van der Waals surface area (Å²) in [6, 6.07) is 10.2. The molecule has 1 saturated heterocycles. The van der Waals surface area contributed by atoms with Gasteiger partial charge in [-0.2, -0.15) is 0 Å². The molecular formula is C20H20FN3O4S2. The van der Waals surface area contributed by atoms with Gasteiger partial charge in [0, 0.05) is 26.2 Å². The van der Waals surface area contributed by atoms with Crippen molar-refractivity contribution < 1.29 is 22.3 Å². The standard InChI is InChI=1S/C20H20FN3O4S2/c1-28-15-4-7-17-18(12-15)29-20(22-17)24-10-8-23(9-11-24)19(25)13-30(26,27)16-5-2-14(21)3-6-16/h2-7,12H,8-11,13H2,1H3. The minimum atomic E-state index is -3.81. The third kappa shape index (κ3) is 4.24. The van der Waals surface area contributed by atoms with E-state index in [4.69, 9.17) is 4.74 Å². The van der Waals surface area contributed by atoms with Crippen molar-refractivity contribution in [1.82, 2.24) is 9.88 Å². The highest BCUT2D eigenvalue weighted by Crippen LogP contribution is 2.31. The molecule has 30 heavy (non-hydrogen) atoms. The summed E-state index contributed by atoms with van der Waals surface area (Å²) in [6.07, 6.45) is 0. The fourth-order valence-electron chi connectivity index (χ4n) is 3.28. The number of ether oxygens (including phenoxy) is 1. The van der Waals surface area contributed by atoms with Crippen molar-refractivity contribution in [1.29, 1.82) is 0 Å². The van der Waals surface area contributed by atoms with E-state index in [2.05, 4.69) is 9.88 Å². The van der Waals surface area contributed by atoms with E-state index in [1.165, 1.54) is 12.1 Å². The predicted octanol–water partition coefficient (Wildman–Crippen LogP) is 2.57. The summed E-state index contributed by atoms with van der Waals surface area (Å²) in [6.45, 7) is 1.96. The van der Waals surface area contributed by atoms with Gasteiger partial charge in [0.1, 0.15) is 17.3 Å². The number of fused-ring (bicyclic) bond motifs is 1. The molecule has 3 aromatic rings. The number of nitrogens with zero attached hydrogens (tertiary/aromatic N) is 3. The van der Waals surface area contributed by atoms with Gasteiger partial charge in [-0.25, -0.2) is 17.8 Å². The first kappa shape index (κ1) is 20.5. The van der Waals surface area contributed by atoms with E-state index in [1.807, 2.05) is 18.2 Å². The molecule has 0 bridgehead atoms. The average Bonchev–Trinajstić information content (AvgIpc) is 3.17. The number of sulfone groups is 1. The molecule has 158 valence electrons. The summed E-state index contributed by atoms with van der Waals surface area (Å²) in [7, 11) is -2.19. The molecule has 2 aromatic carbocycles. The van der Waals surface area contributed by atoms with Crippen molar-refractivity contribution >= 4 is 42.4 Å². The van der Waals surface area contributed by atoms with Gasteiger partial charge in [-0.05, 0) is 42.5 Å².